The average Bonchev–Trinajstić information content (AvgIpc) is 2.69. The van der Waals surface area contributed by atoms with Gasteiger partial charge in [0.25, 0.3) is 0 Å². The second-order valence-corrected chi connectivity index (χ2v) is 4.86. The fraction of sp³-hybridized carbons (Fsp3) is 0.417. The number of rotatable bonds is 2. The molecule has 2 nitrogen and oxygen atoms in total. The molecule has 1 fully saturated rings. The zero-order valence-corrected chi connectivity index (χ0v) is 9.96. The monoisotopic (exact) mass is 265 g/mol. The van der Waals surface area contributed by atoms with Crippen molar-refractivity contribution in [1.29, 1.82) is 0 Å². The first-order valence-electron chi connectivity index (χ1n) is 5.12. The summed E-state index contributed by atoms with van der Waals surface area (Å²) in [6, 6.07) is 8.07. The zero-order chi connectivity index (χ0) is 10.7. The van der Waals surface area contributed by atoms with Crippen LogP contribution in [0.25, 0.3) is 0 Å². The van der Waals surface area contributed by atoms with Crippen molar-refractivity contribution in [3.8, 4) is 0 Å². The van der Waals surface area contributed by atoms with E-state index in [1.807, 2.05) is 24.3 Å². The van der Waals surface area contributed by atoms with Gasteiger partial charge in [0.2, 0.25) is 6.08 Å². The molecule has 0 aromatic heterocycles. The summed E-state index contributed by atoms with van der Waals surface area (Å²) in [6.07, 6.45) is 5.93. The van der Waals surface area contributed by atoms with Gasteiger partial charge in [-0.2, -0.15) is 4.99 Å². The summed E-state index contributed by atoms with van der Waals surface area (Å²) in [7, 11) is 0. The highest BCUT2D eigenvalue weighted by atomic mass is 79.9. The van der Waals surface area contributed by atoms with Gasteiger partial charge in [0.05, 0.1) is 5.54 Å². The Labute approximate surface area is 97.5 Å². The second-order valence-electron chi connectivity index (χ2n) is 3.95. The van der Waals surface area contributed by atoms with Gasteiger partial charge < -0.3 is 0 Å². The fourth-order valence-electron chi connectivity index (χ4n) is 2.27. The fourth-order valence-corrected chi connectivity index (χ4v) is 2.54. The van der Waals surface area contributed by atoms with E-state index in [1.54, 1.807) is 6.08 Å². The van der Waals surface area contributed by atoms with Crippen LogP contribution in [0, 0.1) is 0 Å². The van der Waals surface area contributed by atoms with E-state index in [0.29, 0.717) is 0 Å². The van der Waals surface area contributed by atoms with Crippen molar-refractivity contribution in [2.75, 3.05) is 0 Å². The van der Waals surface area contributed by atoms with E-state index in [9.17, 15) is 4.79 Å². The van der Waals surface area contributed by atoms with Crippen LogP contribution in [0.5, 0.6) is 0 Å². The van der Waals surface area contributed by atoms with Crippen LogP contribution in [0.15, 0.2) is 33.7 Å². The molecule has 2 rings (SSSR count). The van der Waals surface area contributed by atoms with Crippen LogP contribution in [0.3, 0.4) is 0 Å². The largest absolute Gasteiger partial charge is 0.235 e. The third kappa shape index (κ3) is 2.04. The quantitative estimate of drug-likeness (QED) is 0.594. The normalized spacial score (nSPS) is 18.5. The van der Waals surface area contributed by atoms with Crippen LogP contribution < -0.4 is 0 Å². The predicted molar refractivity (Wildman–Crippen MR) is 62.4 cm³/mol. The molecular formula is C12H12BrNO. The number of nitrogens with zero attached hydrogens (tertiary/aromatic N) is 1. The van der Waals surface area contributed by atoms with Gasteiger partial charge in [-0.05, 0) is 30.5 Å². The molecule has 1 aliphatic carbocycles. The van der Waals surface area contributed by atoms with E-state index < -0.39 is 0 Å². The maximum Gasteiger partial charge on any atom is 0.235 e. The van der Waals surface area contributed by atoms with Crippen molar-refractivity contribution in [3.63, 3.8) is 0 Å². The highest BCUT2D eigenvalue weighted by Gasteiger charge is 2.35. The molecule has 15 heavy (non-hydrogen) atoms. The van der Waals surface area contributed by atoms with Crippen molar-refractivity contribution in [2.45, 2.75) is 31.2 Å². The van der Waals surface area contributed by atoms with Gasteiger partial charge in [0.1, 0.15) is 0 Å². The first-order chi connectivity index (χ1) is 7.27. The van der Waals surface area contributed by atoms with Crippen LogP contribution in [-0.2, 0) is 10.3 Å². The van der Waals surface area contributed by atoms with Gasteiger partial charge in [0.15, 0.2) is 0 Å². The Kier molecular flexibility index (Phi) is 3.03. The molecule has 0 heterocycles. The molecule has 0 saturated heterocycles. The standard InChI is InChI=1S/C12H12BrNO/c13-11-5-3-10(4-6-11)12(14-9-15)7-1-2-8-12/h3-6H,1-2,7-8H2. The number of isocyanates is 1. The molecule has 78 valence electrons. The first kappa shape index (κ1) is 10.6. The van der Waals surface area contributed by atoms with Gasteiger partial charge in [0, 0.05) is 4.47 Å². The Morgan fingerprint density at radius 2 is 1.80 bits per heavy atom. The van der Waals surface area contributed by atoms with Gasteiger partial charge in [-0.15, -0.1) is 0 Å². The summed E-state index contributed by atoms with van der Waals surface area (Å²) >= 11 is 3.40. The lowest BCUT2D eigenvalue weighted by atomic mass is 9.89. The number of carbonyl (C=O) groups excluding carboxylic acids is 1. The molecule has 0 N–H and O–H groups in total. The maximum atomic E-state index is 10.5. The molecule has 0 bridgehead atoms. The molecule has 0 amide bonds. The lowest BCUT2D eigenvalue weighted by molar-refractivity contribution is 0.456. The number of benzene rings is 1. The van der Waals surface area contributed by atoms with Crippen LogP contribution in [-0.4, -0.2) is 6.08 Å². The summed E-state index contributed by atoms with van der Waals surface area (Å²) < 4.78 is 1.05. The smallest absolute Gasteiger partial charge is 0.211 e. The van der Waals surface area contributed by atoms with E-state index in [4.69, 9.17) is 0 Å². The Morgan fingerprint density at radius 3 is 2.33 bits per heavy atom. The number of halogens is 1. The summed E-state index contributed by atoms with van der Waals surface area (Å²) in [5, 5.41) is 0. The molecule has 0 spiro atoms. The highest BCUT2D eigenvalue weighted by molar-refractivity contribution is 9.10. The van der Waals surface area contributed by atoms with Crippen LogP contribution in [0.1, 0.15) is 31.2 Å². The molecule has 1 saturated carbocycles. The van der Waals surface area contributed by atoms with Crippen molar-refractivity contribution < 1.29 is 4.79 Å². The summed E-state index contributed by atoms with van der Waals surface area (Å²) in [6.45, 7) is 0. The molecule has 1 aromatic rings. The summed E-state index contributed by atoms with van der Waals surface area (Å²) in [4.78, 5) is 14.5. The summed E-state index contributed by atoms with van der Waals surface area (Å²) in [5.41, 5.74) is 0.842. The Bertz CT molecular complexity index is 387. The van der Waals surface area contributed by atoms with Gasteiger partial charge >= 0.3 is 0 Å². The van der Waals surface area contributed by atoms with Crippen molar-refractivity contribution >= 4 is 22.0 Å². The second kappa shape index (κ2) is 4.30. The van der Waals surface area contributed by atoms with Gasteiger partial charge in [-0.25, -0.2) is 4.79 Å². The molecule has 1 aromatic carbocycles. The van der Waals surface area contributed by atoms with Crippen molar-refractivity contribution in [3.05, 3.63) is 34.3 Å². The van der Waals surface area contributed by atoms with E-state index in [0.717, 1.165) is 35.7 Å². The zero-order valence-electron chi connectivity index (χ0n) is 8.37. The Hall–Kier alpha value is -0.920. The van der Waals surface area contributed by atoms with Gasteiger partial charge in [-0.1, -0.05) is 40.9 Å². The molecule has 1 aliphatic rings. The Balaban J connectivity index is 2.40. The van der Waals surface area contributed by atoms with Crippen LogP contribution in [0.2, 0.25) is 0 Å². The summed E-state index contributed by atoms with van der Waals surface area (Å²) in [5.74, 6) is 0. The van der Waals surface area contributed by atoms with E-state index in [2.05, 4.69) is 20.9 Å². The third-order valence-corrected chi connectivity index (χ3v) is 3.60. The lowest BCUT2D eigenvalue weighted by Crippen LogP contribution is -2.18. The Morgan fingerprint density at radius 1 is 1.20 bits per heavy atom. The molecular weight excluding hydrogens is 254 g/mol. The first-order valence-corrected chi connectivity index (χ1v) is 5.91. The molecule has 0 unspecified atom stereocenters. The minimum absolute atomic E-state index is 0.289. The predicted octanol–water partition coefficient (Wildman–Crippen LogP) is 3.55. The number of aliphatic imine (C=N–C) groups is 1. The molecule has 0 radical (unpaired) electrons. The van der Waals surface area contributed by atoms with Gasteiger partial charge in [-0.3, -0.25) is 0 Å². The molecule has 3 heteroatoms. The topological polar surface area (TPSA) is 29.4 Å². The maximum absolute atomic E-state index is 10.5. The highest BCUT2D eigenvalue weighted by Crippen LogP contribution is 2.42. The average molecular weight is 266 g/mol. The van der Waals surface area contributed by atoms with E-state index in [1.165, 1.54) is 0 Å². The third-order valence-electron chi connectivity index (χ3n) is 3.07. The van der Waals surface area contributed by atoms with E-state index >= 15 is 0 Å². The molecule has 0 aliphatic heterocycles. The van der Waals surface area contributed by atoms with E-state index in [-0.39, 0.29) is 5.54 Å². The SMILES string of the molecule is O=C=NC1(c2ccc(Br)cc2)CCCC1. The number of hydrogen-bond acceptors (Lipinski definition) is 2. The lowest BCUT2D eigenvalue weighted by Gasteiger charge is -2.22. The minimum Gasteiger partial charge on any atom is -0.211 e. The minimum atomic E-state index is -0.289. The van der Waals surface area contributed by atoms with Crippen molar-refractivity contribution in [1.82, 2.24) is 0 Å². The van der Waals surface area contributed by atoms with Crippen molar-refractivity contribution in [2.24, 2.45) is 4.99 Å². The van der Waals surface area contributed by atoms with Crippen LogP contribution >= 0.6 is 15.9 Å². The number of hydrogen-bond donors (Lipinski definition) is 0. The van der Waals surface area contributed by atoms with Crippen LogP contribution in [0.4, 0.5) is 0 Å². The molecule has 0 atom stereocenters.